The molecule has 0 aliphatic rings. The molecule has 0 radical (unpaired) electrons. The number of carbonyl (C=O) groups excluding carboxylic acids is 1. The molecule has 1 N–H and O–H groups in total. The van der Waals surface area contributed by atoms with E-state index >= 15 is 0 Å². The summed E-state index contributed by atoms with van der Waals surface area (Å²) in [5, 5.41) is 3.33. The van der Waals surface area contributed by atoms with Gasteiger partial charge in [0.25, 0.3) is 0 Å². The van der Waals surface area contributed by atoms with E-state index in [1.54, 1.807) is 12.1 Å². The van der Waals surface area contributed by atoms with Gasteiger partial charge in [-0.25, -0.2) is 4.79 Å². The molecular weight excluding hydrogens is 554 g/mol. The van der Waals surface area contributed by atoms with E-state index in [-0.39, 0.29) is 12.6 Å². The van der Waals surface area contributed by atoms with Crippen molar-refractivity contribution >= 4 is 11.7 Å². The fourth-order valence-corrected chi connectivity index (χ4v) is 4.92. The van der Waals surface area contributed by atoms with Crippen LogP contribution >= 0.6 is 0 Å². The molecule has 1 aromatic rings. The molecule has 0 spiro atoms. The third-order valence-electron chi connectivity index (χ3n) is 7.70. The van der Waals surface area contributed by atoms with Crippen molar-refractivity contribution in [3.05, 3.63) is 29.8 Å². The first-order chi connectivity index (χ1) is 21.8. The largest absolute Gasteiger partial charge is 0.460 e. The van der Waals surface area contributed by atoms with Crippen LogP contribution in [0.15, 0.2) is 24.3 Å². The first-order valence-corrected chi connectivity index (χ1v) is 18.1. The van der Waals surface area contributed by atoms with Crippen molar-refractivity contribution < 1.29 is 28.5 Å². The molecule has 0 heterocycles. The molecule has 0 amide bonds. The SMILES string of the molecule is CCCCCCCCCCCCCCCCCCOCCOCCOCCOCCOC(=O)c1ccc(NCCCC)cc1. The minimum atomic E-state index is -0.337. The van der Waals surface area contributed by atoms with Crippen LogP contribution < -0.4 is 5.32 Å². The molecule has 44 heavy (non-hydrogen) atoms. The predicted octanol–water partition coefficient (Wildman–Crippen LogP) is 9.38. The lowest BCUT2D eigenvalue weighted by atomic mass is 10.0. The summed E-state index contributed by atoms with van der Waals surface area (Å²) in [5.41, 5.74) is 1.55. The Kier molecular flexibility index (Phi) is 30.0. The molecule has 0 aromatic heterocycles. The molecule has 0 saturated heterocycles. The fraction of sp³-hybridized carbons (Fsp3) is 0.811. The van der Waals surface area contributed by atoms with Crippen LogP contribution in [0, 0.1) is 0 Å². The van der Waals surface area contributed by atoms with Gasteiger partial charge < -0.3 is 29.0 Å². The minimum Gasteiger partial charge on any atom is -0.460 e. The van der Waals surface area contributed by atoms with Crippen molar-refractivity contribution in [1.29, 1.82) is 0 Å². The van der Waals surface area contributed by atoms with Crippen LogP contribution in [0.25, 0.3) is 0 Å². The van der Waals surface area contributed by atoms with Crippen LogP contribution in [0.3, 0.4) is 0 Å². The van der Waals surface area contributed by atoms with Gasteiger partial charge in [0.05, 0.1) is 51.8 Å². The number of hydrogen-bond donors (Lipinski definition) is 1. The average molecular weight is 622 g/mol. The highest BCUT2D eigenvalue weighted by molar-refractivity contribution is 5.89. The second kappa shape index (κ2) is 32.7. The van der Waals surface area contributed by atoms with E-state index in [9.17, 15) is 4.79 Å². The maximum Gasteiger partial charge on any atom is 0.338 e. The van der Waals surface area contributed by atoms with E-state index in [1.165, 1.54) is 96.3 Å². The summed E-state index contributed by atoms with van der Waals surface area (Å²) in [7, 11) is 0. The summed E-state index contributed by atoms with van der Waals surface area (Å²) in [5.74, 6) is -0.337. The second-order valence-corrected chi connectivity index (χ2v) is 11.7. The van der Waals surface area contributed by atoms with Crippen LogP contribution in [-0.4, -0.2) is 72.0 Å². The lowest BCUT2D eigenvalue weighted by Gasteiger charge is -2.09. The molecule has 0 aliphatic heterocycles. The standard InChI is InChI=1S/C37H67NO6/c1-3-5-7-8-9-10-11-12-13-14-15-16-17-18-19-20-26-40-27-28-41-29-30-42-31-32-43-33-34-44-37(39)35-21-23-36(24-22-35)38-25-6-4-2/h21-24,38H,3-20,25-34H2,1-2H3. The molecule has 1 rings (SSSR count). The van der Waals surface area contributed by atoms with Crippen molar-refractivity contribution in [2.75, 3.05) is 71.3 Å². The van der Waals surface area contributed by atoms with Crippen LogP contribution in [0.5, 0.6) is 0 Å². The van der Waals surface area contributed by atoms with Gasteiger partial charge in [-0.2, -0.15) is 0 Å². The van der Waals surface area contributed by atoms with Gasteiger partial charge in [0, 0.05) is 18.8 Å². The van der Waals surface area contributed by atoms with Crippen LogP contribution in [0.1, 0.15) is 140 Å². The smallest absolute Gasteiger partial charge is 0.338 e. The van der Waals surface area contributed by atoms with E-state index in [0.717, 1.165) is 38.1 Å². The quantitative estimate of drug-likeness (QED) is 0.0607. The van der Waals surface area contributed by atoms with E-state index in [2.05, 4.69) is 19.2 Å². The van der Waals surface area contributed by atoms with Gasteiger partial charge in [0.15, 0.2) is 0 Å². The number of hydrogen-bond acceptors (Lipinski definition) is 7. The Morgan fingerprint density at radius 3 is 1.32 bits per heavy atom. The van der Waals surface area contributed by atoms with E-state index in [4.69, 9.17) is 23.7 Å². The van der Waals surface area contributed by atoms with Gasteiger partial charge in [-0.1, -0.05) is 117 Å². The summed E-state index contributed by atoms with van der Waals surface area (Å²) >= 11 is 0. The Hall–Kier alpha value is -1.67. The van der Waals surface area contributed by atoms with Gasteiger partial charge in [0.2, 0.25) is 0 Å². The zero-order valence-corrected chi connectivity index (χ0v) is 28.6. The molecule has 0 unspecified atom stereocenters. The van der Waals surface area contributed by atoms with E-state index in [0.29, 0.717) is 51.8 Å². The molecule has 0 aliphatic carbocycles. The second-order valence-electron chi connectivity index (χ2n) is 11.7. The molecule has 0 saturated carbocycles. The normalized spacial score (nSPS) is 11.2. The van der Waals surface area contributed by atoms with Gasteiger partial charge in [-0.05, 0) is 37.1 Å². The topological polar surface area (TPSA) is 75.2 Å². The molecule has 7 heteroatoms. The Morgan fingerprint density at radius 2 is 0.864 bits per heavy atom. The molecule has 7 nitrogen and oxygen atoms in total. The highest BCUT2D eigenvalue weighted by atomic mass is 16.6. The highest BCUT2D eigenvalue weighted by Crippen LogP contribution is 2.14. The number of rotatable bonds is 34. The van der Waals surface area contributed by atoms with Crippen molar-refractivity contribution in [2.45, 2.75) is 129 Å². The Balaban J connectivity index is 1.72. The number of anilines is 1. The molecule has 256 valence electrons. The Morgan fingerprint density at radius 1 is 0.477 bits per heavy atom. The van der Waals surface area contributed by atoms with Crippen molar-refractivity contribution in [1.82, 2.24) is 0 Å². The zero-order chi connectivity index (χ0) is 31.6. The number of benzene rings is 1. The number of ether oxygens (including phenoxy) is 5. The van der Waals surface area contributed by atoms with Gasteiger partial charge in [-0.3, -0.25) is 0 Å². The van der Waals surface area contributed by atoms with Crippen LogP contribution in [-0.2, 0) is 23.7 Å². The first kappa shape index (κ1) is 40.4. The van der Waals surface area contributed by atoms with Gasteiger partial charge in [-0.15, -0.1) is 0 Å². The maximum absolute atomic E-state index is 12.1. The predicted molar refractivity (Wildman–Crippen MR) is 183 cm³/mol. The molecule has 1 aromatic carbocycles. The van der Waals surface area contributed by atoms with Crippen LogP contribution in [0.4, 0.5) is 5.69 Å². The lowest BCUT2D eigenvalue weighted by Crippen LogP contribution is -2.14. The molecule has 0 fully saturated rings. The van der Waals surface area contributed by atoms with E-state index < -0.39 is 0 Å². The average Bonchev–Trinajstić information content (AvgIpc) is 3.04. The van der Waals surface area contributed by atoms with Gasteiger partial charge >= 0.3 is 5.97 Å². The van der Waals surface area contributed by atoms with Crippen molar-refractivity contribution in [3.8, 4) is 0 Å². The summed E-state index contributed by atoms with van der Waals surface area (Å²) in [6, 6.07) is 7.36. The van der Waals surface area contributed by atoms with Crippen molar-refractivity contribution in [2.24, 2.45) is 0 Å². The zero-order valence-electron chi connectivity index (χ0n) is 28.6. The number of esters is 1. The number of carbonyl (C=O) groups is 1. The first-order valence-electron chi connectivity index (χ1n) is 18.1. The maximum atomic E-state index is 12.1. The van der Waals surface area contributed by atoms with E-state index in [1.807, 2.05) is 12.1 Å². The Labute approximate surface area is 270 Å². The highest BCUT2D eigenvalue weighted by Gasteiger charge is 2.06. The third kappa shape index (κ3) is 26.7. The van der Waals surface area contributed by atoms with Crippen molar-refractivity contribution in [3.63, 3.8) is 0 Å². The monoisotopic (exact) mass is 621 g/mol. The minimum absolute atomic E-state index is 0.220. The molecule has 0 atom stereocenters. The fourth-order valence-electron chi connectivity index (χ4n) is 4.92. The number of unbranched alkanes of at least 4 members (excludes halogenated alkanes) is 16. The third-order valence-corrected chi connectivity index (χ3v) is 7.70. The molecular formula is C37H67NO6. The molecule has 0 bridgehead atoms. The summed E-state index contributed by atoms with van der Waals surface area (Å²) in [6.45, 7) is 10.0. The van der Waals surface area contributed by atoms with Gasteiger partial charge in [0.1, 0.15) is 6.61 Å². The Bertz CT molecular complexity index is 729. The summed E-state index contributed by atoms with van der Waals surface area (Å²) in [4.78, 5) is 12.1. The number of nitrogens with one attached hydrogen (secondary N) is 1. The van der Waals surface area contributed by atoms with Crippen LogP contribution in [0.2, 0.25) is 0 Å². The summed E-state index contributed by atoms with van der Waals surface area (Å²) in [6.07, 6.45) is 24.4. The summed E-state index contributed by atoms with van der Waals surface area (Å²) < 4.78 is 27.5. The lowest BCUT2D eigenvalue weighted by molar-refractivity contribution is -0.00913.